The predicted molar refractivity (Wildman–Crippen MR) is 242 cm³/mol. The summed E-state index contributed by atoms with van der Waals surface area (Å²) >= 11 is 0. The van der Waals surface area contributed by atoms with Crippen LogP contribution in [0.25, 0.3) is 110 Å². The van der Waals surface area contributed by atoms with E-state index in [1.165, 1.54) is 59.9 Å². The molecule has 0 aliphatic rings. The Hall–Kier alpha value is -7.82. The van der Waals surface area contributed by atoms with Gasteiger partial charge in [-0.15, -0.1) is 0 Å². The van der Waals surface area contributed by atoms with Crippen LogP contribution in [-0.4, -0.2) is 19.1 Å². The highest BCUT2D eigenvalue weighted by atomic mass is 15.0. The van der Waals surface area contributed by atoms with Crippen LogP contribution in [0.5, 0.6) is 0 Å². The third-order valence-electron chi connectivity index (χ3n) is 11.7. The summed E-state index contributed by atoms with van der Waals surface area (Å²) < 4.78 is 4.79. The maximum absolute atomic E-state index is 5.35. The van der Waals surface area contributed by atoms with Gasteiger partial charge < -0.3 is 9.13 Å². The highest BCUT2D eigenvalue weighted by Gasteiger charge is 2.21. The molecular formula is C54H34N4. The van der Waals surface area contributed by atoms with Gasteiger partial charge in [0.2, 0.25) is 0 Å². The minimum atomic E-state index is 0.701. The van der Waals surface area contributed by atoms with Gasteiger partial charge in [0, 0.05) is 49.4 Å². The largest absolute Gasteiger partial charge is 0.309 e. The smallest absolute Gasteiger partial charge is 0.160 e. The van der Waals surface area contributed by atoms with Crippen LogP contribution in [-0.2, 0) is 0 Å². The number of fused-ring (bicyclic) bond motifs is 9. The first-order valence-corrected chi connectivity index (χ1v) is 19.7. The van der Waals surface area contributed by atoms with E-state index in [0.717, 1.165) is 44.7 Å². The molecule has 0 saturated carbocycles. The summed E-state index contributed by atoms with van der Waals surface area (Å²) in [5.41, 5.74) is 13.2. The number of nitrogens with zero attached hydrogens (tertiary/aromatic N) is 4. The summed E-state index contributed by atoms with van der Waals surface area (Å²) in [5.74, 6) is 0.701. The van der Waals surface area contributed by atoms with Crippen molar-refractivity contribution in [3.8, 4) is 45.1 Å². The van der Waals surface area contributed by atoms with Gasteiger partial charge in [-0.3, -0.25) is 0 Å². The maximum Gasteiger partial charge on any atom is 0.160 e. The number of para-hydroxylation sites is 3. The van der Waals surface area contributed by atoms with Crippen LogP contribution in [0.4, 0.5) is 0 Å². The Kier molecular flexibility index (Phi) is 7.20. The van der Waals surface area contributed by atoms with Crippen molar-refractivity contribution in [1.82, 2.24) is 19.1 Å². The number of hydrogen-bond acceptors (Lipinski definition) is 2. The van der Waals surface area contributed by atoms with Crippen molar-refractivity contribution in [2.45, 2.75) is 0 Å². The molecule has 4 heteroatoms. The van der Waals surface area contributed by atoms with Crippen LogP contribution in [0.3, 0.4) is 0 Å². The molecule has 58 heavy (non-hydrogen) atoms. The minimum Gasteiger partial charge on any atom is -0.309 e. The molecule has 12 aromatic rings. The molecule has 0 N–H and O–H groups in total. The molecule has 0 fully saturated rings. The van der Waals surface area contributed by atoms with E-state index in [0.29, 0.717) is 5.82 Å². The lowest BCUT2D eigenvalue weighted by molar-refractivity contribution is 1.17. The predicted octanol–water partition coefficient (Wildman–Crippen LogP) is 14.0. The molecule has 0 aliphatic carbocycles. The Balaban J connectivity index is 1.03. The summed E-state index contributed by atoms with van der Waals surface area (Å²) in [7, 11) is 0. The normalized spacial score (nSPS) is 11.8. The summed E-state index contributed by atoms with van der Waals surface area (Å²) in [4.78, 5) is 10.5. The molecule has 4 nitrogen and oxygen atoms in total. The van der Waals surface area contributed by atoms with Crippen molar-refractivity contribution >= 4 is 65.3 Å². The van der Waals surface area contributed by atoms with Crippen LogP contribution in [0.2, 0.25) is 0 Å². The van der Waals surface area contributed by atoms with Gasteiger partial charge in [0.1, 0.15) is 0 Å². The summed E-state index contributed by atoms with van der Waals surface area (Å²) in [5, 5.41) is 8.43. The maximum atomic E-state index is 5.35. The van der Waals surface area contributed by atoms with Crippen molar-refractivity contribution in [3.05, 3.63) is 206 Å². The number of benzene rings is 9. The Morgan fingerprint density at radius 1 is 0.310 bits per heavy atom. The molecule has 0 atom stereocenters. The van der Waals surface area contributed by atoms with Crippen LogP contribution >= 0.6 is 0 Å². The van der Waals surface area contributed by atoms with Crippen LogP contribution < -0.4 is 0 Å². The van der Waals surface area contributed by atoms with Crippen LogP contribution in [0, 0.1) is 0 Å². The summed E-state index contributed by atoms with van der Waals surface area (Å²) in [6, 6.07) is 73.7. The van der Waals surface area contributed by atoms with Crippen molar-refractivity contribution < 1.29 is 0 Å². The molecule has 3 heterocycles. The van der Waals surface area contributed by atoms with E-state index in [-0.39, 0.29) is 0 Å². The van der Waals surface area contributed by atoms with E-state index in [2.05, 4.69) is 215 Å². The molecule has 0 saturated heterocycles. The zero-order valence-electron chi connectivity index (χ0n) is 31.4. The fourth-order valence-corrected chi connectivity index (χ4v) is 9.04. The molecule has 0 amide bonds. The van der Waals surface area contributed by atoms with Crippen molar-refractivity contribution in [2.24, 2.45) is 0 Å². The minimum absolute atomic E-state index is 0.701. The average molecular weight is 739 g/mol. The Morgan fingerprint density at radius 3 is 1.55 bits per heavy atom. The van der Waals surface area contributed by atoms with Gasteiger partial charge in [-0.1, -0.05) is 127 Å². The molecule has 0 aliphatic heterocycles. The zero-order valence-corrected chi connectivity index (χ0v) is 31.4. The third-order valence-corrected chi connectivity index (χ3v) is 11.7. The highest BCUT2D eigenvalue weighted by molar-refractivity contribution is 6.28. The lowest BCUT2D eigenvalue weighted by Crippen LogP contribution is -1.97. The Morgan fingerprint density at radius 2 is 0.862 bits per heavy atom. The Labute approximate surface area is 334 Å². The van der Waals surface area contributed by atoms with Crippen LogP contribution in [0.1, 0.15) is 0 Å². The molecule has 0 unspecified atom stereocenters. The second kappa shape index (κ2) is 12.9. The Bertz CT molecular complexity index is 3540. The first-order valence-electron chi connectivity index (χ1n) is 19.7. The quantitative estimate of drug-likeness (QED) is 0.176. The van der Waals surface area contributed by atoms with E-state index in [4.69, 9.17) is 9.97 Å². The van der Waals surface area contributed by atoms with Gasteiger partial charge in [-0.05, 0) is 101 Å². The molecule has 0 radical (unpaired) electrons. The van der Waals surface area contributed by atoms with Gasteiger partial charge in [0.15, 0.2) is 5.82 Å². The third kappa shape index (κ3) is 5.02. The van der Waals surface area contributed by atoms with E-state index in [1.54, 1.807) is 0 Å². The lowest BCUT2D eigenvalue weighted by atomic mass is 9.98. The number of hydrogen-bond donors (Lipinski definition) is 0. The van der Waals surface area contributed by atoms with E-state index < -0.39 is 0 Å². The first-order chi connectivity index (χ1) is 28.8. The lowest BCUT2D eigenvalue weighted by Gasteiger charge is -2.13. The standard InChI is InChI=1S/C54H34N4/c1-3-13-35(14-4-1)39-27-30-46-45(34-39)53(40-24-23-36-15-7-8-16-38(36)33-40)56-54(55-46)37-25-28-42(29-26-37)58-48-22-12-10-20-44(48)52-50(58)32-31-49-51(52)43-19-9-11-21-47(43)57(49)41-17-5-2-6-18-41/h1-34H. The molecular weight excluding hydrogens is 705 g/mol. The zero-order chi connectivity index (χ0) is 38.2. The van der Waals surface area contributed by atoms with Gasteiger partial charge in [-0.2, -0.15) is 0 Å². The molecule has 0 spiro atoms. The SMILES string of the molecule is c1ccc(-c2ccc3nc(-c4ccc(-n5c6ccccc6c6c7c8ccccc8n(-c8ccccc8)c7ccc65)cc4)nc(-c4ccc5ccccc5c4)c3c2)cc1. The average Bonchev–Trinajstić information content (AvgIpc) is 3.82. The van der Waals surface area contributed by atoms with Crippen LogP contribution in [0.15, 0.2) is 206 Å². The van der Waals surface area contributed by atoms with Gasteiger partial charge in [0.05, 0.1) is 33.3 Å². The topological polar surface area (TPSA) is 35.6 Å². The summed E-state index contributed by atoms with van der Waals surface area (Å²) in [6.07, 6.45) is 0. The van der Waals surface area contributed by atoms with E-state index in [1.807, 2.05) is 0 Å². The molecule has 9 aromatic carbocycles. The monoisotopic (exact) mass is 738 g/mol. The second-order valence-electron chi connectivity index (χ2n) is 15.0. The molecule has 12 rings (SSSR count). The van der Waals surface area contributed by atoms with Crippen molar-refractivity contribution in [2.75, 3.05) is 0 Å². The van der Waals surface area contributed by atoms with Crippen molar-refractivity contribution in [1.29, 1.82) is 0 Å². The molecule has 270 valence electrons. The van der Waals surface area contributed by atoms with E-state index in [9.17, 15) is 0 Å². The fraction of sp³-hybridized carbons (Fsp3) is 0. The summed E-state index contributed by atoms with van der Waals surface area (Å²) in [6.45, 7) is 0. The molecule has 0 bridgehead atoms. The van der Waals surface area contributed by atoms with E-state index >= 15 is 0 Å². The first kappa shape index (κ1) is 32.4. The van der Waals surface area contributed by atoms with Crippen molar-refractivity contribution in [3.63, 3.8) is 0 Å². The number of rotatable bonds is 5. The molecule has 3 aromatic heterocycles. The highest BCUT2D eigenvalue weighted by Crippen LogP contribution is 2.42. The fourth-order valence-electron chi connectivity index (χ4n) is 9.04. The number of aromatic nitrogens is 4. The van der Waals surface area contributed by atoms with Gasteiger partial charge in [-0.25, -0.2) is 9.97 Å². The second-order valence-corrected chi connectivity index (χ2v) is 15.0. The van der Waals surface area contributed by atoms with Gasteiger partial charge >= 0.3 is 0 Å². The van der Waals surface area contributed by atoms with Gasteiger partial charge in [0.25, 0.3) is 0 Å².